The van der Waals surface area contributed by atoms with Crippen molar-refractivity contribution in [2.75, 3.05) is 0 Å². The molecule has 0 radical (unpaired) electrons. The highest BCUT2D eigenvalue weighted by atomic mass is 79.9. The first-order valence-electron chi connectivity index (χ1n) is 2.15. The zero-order valence-electron chi connectivity index (χ0n) is 4.57. The van der Waals surface area contributed by atoms with Crippen LogP contribution in [0, 0.1) is 0 Å². The average molecular weight is 224 g/mol. The van der Waals surface area contributed by atoms with Crippen LogP contribution >= 0.6 is 27.5 Å². The highest BCUT2D eigenvalue weighted by Crippen LogP contribution is 2.16. The summed E-state index contributed by atoms with van der Waals surface area (Å²) in [6.07, 6.45) is -0.886. The molecule has 7 heteroatoms. The number of rotatable bonds is 1. The Kier molecular flexibility index (Phi) is 2.17. The Labute approximate surface area is 68.5 Å². The first-order chi connectivity index (χ1) is 4.68. The molecule has 1 rings (SSSR count). The van der Waals surface area contributed by atoms with E-state index in [0.29, 0.717) is 4.73 Å². The first kappa shape index (κ1) is 7.42. The van der Waals surface area contributed by atoms with Crippen molar-refractivity contribution < 1.29 is 9.53 Å². The molecule has 0 bridgehead atoms. The van der Waals surface area contributed by atoms with Gasteiger partial charge in [0.05, 0.1) is 0 Å². The third kappa shape index (κ3) is 1.92. The predicted molar refractivity (Wildman–Crippen MR) is 37.8 cm³/mol. The van der Waals surface area contributed by atoms with E-state index in [2.05, 4.69) is 30.0 Å². The lowest BCUT2D eigenvalue weighted by molar-refractivity contribution is 0.210. The molecule has 0 spiro atoms. The number of primary amides is 1. The van der Waals surface area contributed by atoms with E-state index in [4.69, 9.17) is 5.73 Å². The second-order valence-electron chi connectivity index (χ2n) is 1.25. The maximum absolute atomic E-state index is 10.1. The van der Waals surface area contributed by atoms with Crippen molar-refractivity contribution in [3.63, 3.8) is 0 Å². The van der Waals surface area contributed by atoms with Gasteiger partial charge < -0.3 is 10.5 Å². The number of hydrogen-bond acceptors (Lipinski definition) is 5. The van der Waals surface area contributed by atoms with Gasteiger partial charge in [-0.2, -0.15) is 9.36 Å². The molecule has 1 amide bonds. The first-order valence-corrected chi connectivity index (χ1v) is 3.71. The van der Waals surface area contributed by atoms with Crippen LogP contribution in [0.1, 0.15) is 0 Å². The molecule has 10 heavy (non-hydrogen) atoms. The molecular formula is C3H2BrN3O2S. The fourth-order valence-corrected chi connectivity index (χ4v) is 1.26. The number of carbonyl (C=O) groups is 1. The van der Waals surface area contributed by atoms with Gasteiger partial charge >= 0.3 is 11.3 Å². The number of amides is 1. The summed E-state index contributed by atoms with van der Waals surface area (Å²) >= 11 is 3.92. The lowest BCUT2D eigenvalue weighted by atomic mass is 11.2. The lowest BCUT2D eigenvalue weighted by Crippen LogP contribution is -2.15. The zero-order valence-corrected chi connectivity index (χ0v) is 6.98. The largest absolute Gasteiger partial charge is 0.411 e. The van der Waals surface area contributed by atoms with Crippen molar-refractivity contribution in [1.82, 2.24) is 9.36 Å². The standard InChI is InChI=1S/C3H2BrN3O2S/c4-1-6-3(10-7-1)9-2(5)8/h(H2,5,8). The number of carbonyl (C=O) groups excluding carboxylic acids is 1. The molecule has 0 aromatic carbocycles. The monoisotopic (exact) mass is 223 g/mol. The minimum atomic E-state index is -0.886. The molecule has 0 fully saturated rings. The van der Waals surface area contributed by atoms with Crippen LogP contribution in [0.2, 0.25) is 0 Å². The summed E-state index contributed by atoms with van der Waals surface area (Å²) in [7, 11) is 0. The molecule has 1 aromatic heterocycles. The molecule has 0 aliphatic rings. The number of nitrogens with two attached hydrogens (primary N) is 1. The molecule has 1 heterocycles. The van der Waals surface area contributed by atoms with E-state index in [1.54, 1.807) is 0 Å². The van der Waals surface area contributed by atoms with Crippen LogP contribution in [0.15, 0.2) is 4.73 Å². The van der Waals surface area contributed by atoms with E-state index >= 15 is 0 Å². The fraction of sp³-hybridized carbons (Fsp3) is 0. The highest BCUT2D eigenvalue weighted by molar-refractivity contribution is 9.10. The Bertz CT molecular complexity index is 250. The van der Waals surface area contributed by atoms with Crippen molar-refractivity contribution in [1.29, 1.82) is 0 Å². The van der Waals surface area contributed by atoms with E-state index in [-0.39, 0.29) is 5.19 Å². The van der Waals surface area contributed by atoms with E-state index in [9.17, 15) is 4.79 Å². The number of ether oxygens (including phenoxy) is 1. The summed E-state index contributed by atoms with van der Waals surface area (Å²) in [5, 5.41) is 0.138. The molecule has 0 saturated carbocycles. The van der Waals surface area contributed by atoms with Gasteiger partial charge in [-0.1, -0.05) is 0 Å². The van der Waals surface area contributed by atoms with Gasteiger partial charge in [0, 0.05) is 11.5 Å². The molecule has 2 N–H and O–H groups in total. The van der Waals surface area contributed by atoms with E-state index in [1.807, 2.05) is 0 Å². The third-order valence-corrected chi connectivity index (χ3v) is 1.75. The van der Waals surface area contributed by atoms with Gasteiger partial charge in [0.1, 0.15) is 0 Å². The van der Waals surface area contributed by atoms with Crippen LogP contribution in [-0.4, -0.2) is 15.5 Å². The maximum Gasteiger partial charge on any atom is 0.411 e. The Morgan fingerprint density at radius 3 is 2.90 bits per heavy atom. The SMILES string of the molecule is NC(=O)Oc1nc(Br)ns1. The molecule has 0 unspecified atom stereocenters. The topological polar surface area (TPSA) is 78.1 Å². The quantitative estimate of drug-likeness (QED) is 0.763. The molecular weight excluding hydrogens is 222 g/mol. The van der Waals surface area contributed by atoms with Crippen molar-refractivity contribution in [3.8, 4) is 5.19 Å². The maximum atomic E-state index is 10.1. The van der Waals surface area contributed by atoms with Gasteiger partial charge in [-0.05, 0) is 15.9 Å². The van der Waals surface area contributed by atoms with Crippen LogP contribution in [-0.2, 0) is 0 Å². The van der Waals surface area contributed by atoms with Crippen LogP contribution in [0.25, 0.3) is 0 Å². The smallest absolute Gasteiger partial charge is 0.380 e. The highest BCUT2D eigenvalue weighted by Gasteiger charge is 2.03. The molecule has 54 valence electrons. The summed E-state index contributed by atoms with van der Waals surface area (Å²) in [5.74, 6) is 0. The number of hydrogen-bond donors (Lipinski definition) is 1. The molecule has 0 saturated heterocycles. The van der Waals surface area contributed by atoms with Crippen LogP contribution < -0.4 is 10.5 Å². The Hall–Kier alpha value is -0.690. The number of nitrogens with zero attached hydrogens (tertiary/aromatic N) is 2. The summed E-state index contributed by atoms with van der Waals surface area (Å²) in [6.45, 7) is 0. The minimum Gasteiger partial charge on any atom is -0.380 e. The summed E-state index contributed by atoms with van der Waals surface area (Å²) in [4.78, 5) is 13.8. The van der Waals surface area contributed by atoms with Gasteiger partial charge in [-0.15, -0.1) is 0 Å². The Morgan fingerprint density at radius 2 is 2.50 bits per heavy atom. The molecule has 0 atom stereocenters. The van der Waals surface area contributed by atoms with Crippen LogP contribution in [0.5, 0.6) is 5.19 Å². The molecule has 0 aliphatic carbocycles. The van der Waals surface area contributed by atoms with Gasteiger partial charge in [0.15, 0.2) is 0 Å². The fourth-order valence-electron chi connectivity index (χ4n) is 0.320. The number of aromatic nitrogens is 2. The second kappa shape index (κ2) is 2.93. The summed E-state index contributed by atoms with van der Waals surface area (Å²) in [6, 6.07) is 0. The van der Waals surface area contributed by atoms with Crippen molar-refractivity contribution in [2.24, 2.45) is 5.73 Å². The zero-order chi connectivity index (χ0) is 7.56. The lowest BCUT2D eigenvalue weighted by Gasteiger charge is -1.88. The van der Waals surface area contributed by atoms with Crippen molar-refractivity contribution >= 4 is 33.6 Å². The number of halogens is 1. The normalized spacial score (nSPS) is 9.30. The third-order valence-electron chi connectivity index (χ3n) is 0.571. The Balaban J connectivity index is 2.67. The Morgan fingerprint density at radius 1 is 1.80 bits per heavy atom. The summed E-state index contributed by atoms with van der Waals surface area (Å²) in [5.41, 5.74) is 4.70. The van der Waals surface area contributed by atoms with Gasteiger partial charge in [-0.3, -0.25) is 0 Å². The van der Waals surface area contributed by atoms with E-state index in [1.165, 1.54) is 0 Å². The van der Waals surface area contributed by atoms with Gasteiger partial charge in [0.2, 0.25) is 4.73 Å². The molecule has 1 aromatic rings. The van der Waals surface area contributed by atoms with Crippen molar-refractivity contribution in [3.05, 3.63) is 4.73 Å². The average Bonchev–Trinajstić information content (AvgIpc) is 2.13. The van der Waals surface area contributed by atoms with E-state index in [0.717, 1.165) is 11.5 Å². The van der Waals surface area contributed by atoms with E-state index < -0.39 is 6.09 Å². The van der Waals surface area contributed by atoms with Crippen LogP contribution in [0.3, 0.4) is 0 Å². The van der Waals surface area contributed by atoms with Crippen molar-refractivity contribution in [2.45, 2.75) is 0 Å². The van der Waals surface area contributed by atoms with Crippen LogP contribution in [0.4, 0.5) is 4.79 Å². The van der Waals surface area contributed by atoms with Gasteiger partial charge in [0.25, 0.3) is 0 Å². The summed E-state index contributed by atoms with van der Waals surface area (Å²) < 4.78 is 8.46. The minimum absolute atomic E-state index is 0.138. The van der Waals surface area contributed by atoms with Gasteiger partial charge in [-0.25, -0.2) is 4.79 Å². The second-order valence-corrected chi connectivity index (χ2v) is 2.67. The predicted octanol–water partition coefficient (Wildman–Crippen LogP) is 0.758. The molecule has 0 aliphatic heterocycles. The molecule has 5 nitrogen and oxygen atoms in total.